The number of hydrogen-bond donors (Lipinski definition) is 2. The number of rotatable bonds is 1. The summed E-state index contributed by atoms with van der Waals surface area (Å²) in [6.07, 6.45) is -1.79. The Bertz CT molecular complexity index is 319. The van der Waals surface area contributed by atoms with Crippen LogP contribution < -0.4 is 0 Å². The van der Waals surface area contributed by atoms with E-state index in [2.05, 4.69) is 11.3 Å². The van der Waals surface area contributed by atoms with Crippen molar-refractivity contribution in [1.82, 2.24) is 0 Å². The minimum Gasteiger partial charge on any atom is -0.449 e. The summed E-state index contributed by atoms with van der Waals surface area (Å²) < 4.78 is 3.08. The van der Waals surface area contributed by atoms with E-state index in [0.29, 0.717) is 0 Å². The summed E-state index contributed by atoms with van der Waals surface area (Å²) in [4.78, 5) is 18.4. The van der Waals surface area contributed by atoms with Gasteiger partial charge in [0, 0.05) is 0 Å². The van der Waals surface area contributed by atoms with Crippen molar-refractivity contribution in [1.29, 1.82) is 0 Å². The number of carboxylic acid groups (broad SMARTS) is 2. The first-order valence-corrected chi connectivity index (χ1v) is 3.87. The van der Waals surface area contributed by atoms with Gasteiger partial charge >= 0.3 is 12.3 Å². The van der Waals surface area contributed by atoms with Crippen LogP contribution in [0.1, 0.15) is 5.56 Å². The fourth-order valence-corrected chi connectivity index (χ4v) is 0.664. The van der Waals surface area contributed by atoms with Crippen LogP contribution in [0.25, 0.3) is 6.08 Å². The van der Waals surface area contributed by atoms with Gasteiger partial charge in [-0.3, -0.25) is 0 Å². The van der Waals surface area contributed by atoms with E-state index in [1.54, 1.807) is 0 Å². The van der Waals surface area contributed by atoms with Gasteiger partial charge < -0.3 is 14.9 Å². The van der Waals surface area contributed by atoms with Gasteiger partial charge in [0.1, 0.15) is 0 Å². The quantitative estimate of drug-likeness (QED) is 0.549. The first kappa shape index (κ1) is 12.7. The molecule has 0 saturated carbocycles. The summed E-state index contributed by atoms with van der Waals surface area (Å²) in [5, 5.41) is 15.0. The maximum atomic E-state index is 9.21. The minimum absolute atomic E-state index is 1.17. The lowest BCUT2D eigenvalue weighted by atomic mass is 10.2. The van der Waals surface area contributed by atoms with Gasteiger partial charge in [-0.2, -0.15) is 0 Å². The van der Waals surface area contributed by atoms with Crippen LogP contribution in [0.3, 0.4) is 0 Å². The standard InChI is InChI=1S/C8H8.C2H2O5/c1-2-8-6-4-3-5-7-8;3-1(4)7-2(5)6/h2-7H,1H2;(H,3,4)(H,5,6). The van der Waals surface area contributed by atoms with Gasteiger partial charge in [-0.15, -0.1) is 0 Å². The molecule has 0 aliphatic rings. The summed E-state index contributed by atoms with van der Waals surface area (Å²) in [6.45, 7) is 3.63. The van der Waals surface area contributed by atoms with Crippen molar-refractivity contribution in [2.24, 2.45) is 0 Å². The molecule has 5 nitrogen and oxygen atoms in total. The van der Waals surface area contributed by atoms with E-state index < -0.39 is 12.3 Å². The molecule has 15 heavy (non-hydrogen) atoms. The van der Waals surface area contributed by atoms with Crippen LogP contribution in [0.2, 0.25) is 0 Å². The van der Waals surface area contributed by atoms with E-state index in [1.807, 2.05) is 36.4 Å². The molecule has 1 aromatic carbocycles. The van der Waals surface area contributed by atoms with Gasteiger partial charge in [-0.25, -0.2) is 9.59 Å². The molecule has 2 N–H and O–H groups in total. The second-order valence-corrected chi connectivity index (χ2v) is 2.25. The molecule has 0 radical (unpaired) electrons. The Morgan fingerprint density at radius 1 is 1.13 bits per heavy atom. The number of benzene rings is 1. The smallest absolute Gasteiger partial charge is 0.449 e. The lowest BCUT2D eigenvalue weighted by Gasteiger charge is -1.85. The second-order valence-electron chi connectivity index (χ2n) is 2.25. The summed E-state index contributed by atoms with van der Waals surface area (Å²) in [5.74, 6) is 0. The van der Waals surface area contributed by atoms with E-state index in [9.17, 15) is 9.59 Å². The Morgan fingerprint density at radius 2 is 1.60 bits per heavy atom. The summed E-state index contributed by atoms with van der Waals surface area (Å²) in [5.41, 5.74) is 1.17. The van der Waals surface area contributed by atoms with Crippen molar-refractivity contribution < 1.29 is 24.5 Å². The summed E-state index contributed by atoms with van der Waals surface area (Å²) in [7, 11) is 0. The summed E-state index contributed by atoms with van der Waals surface area (Å²) >= 11 is 0. The maximum Gasteiger partial charge on any atom is 0.516 e. The third kappa shape index (κ3) is 8.04. The maximum absolute atomic E-state index is 9.21. The molecule has 5 heteroatoms. The zero-order valence-corrected chi connectivity index (χ0v) is 7.79. The number of ether oxygens (including phenoxy) is 1. The molecule has 0 atom stereocenters. The zero-order chi connectivity index (χ0) is 11.7. The van der Waals surface area contributed by atoms with E-state index in [4.69, 9.17) is 10.2 Å². The van der Waals surface area contributed by atoms with Gasteiger partial charge in [-0.1, -0.05) is 43.0 Å². The average Bonchev–Trinajstić information content (AvgIpc) is 2.18. The molecule has 80 valence electrons. The van der Waals surface area contributed by atoms with Gasteiger partial charge in [0.2, 0.25) is 0 Å². The van der Waals surface area contributed by atoms with Crippen LogP contribution in [-0.4, -0.2) is 22.5 Å². The van der Waals surface area contributed by atoms with Crippen molar-refractivity contribution in [3.05, 3.63) is 42.5 Å². The molecule has 0 heterocycles. The average molecular weight is 210 g/mol. The van der Waals surface area contributed by atoms with E-state index in [-0.39, 0.29) is 0 Å². The fourth-order valence-electron chi connectivity index (χ4n) is 0.664. The molecule has 0 amide bonds. The normalized spacial score (nSPS) is 8.00. The molecule has 0 unspecified atom stereocenters. The Balaban J connectivity index is 0.000000265. The van der Waals surface area contributed by atoms with Crippen LogP contribution in [0, 0.1) is 0 Å². The Labute approximate surface area is 86.2 Å². The molecular formula is C10H10O5. The van der Waals surface area contributed by atoms with Crippen LogP contribution in [-0.2, 0) is 4.74 Å². The molecule has 1 rings (SSSR count). The highest BCUT2D eigenvalue weighted by Crippen LogP contribution is 1.97. The molecule has 0 aromatic heterocycles. The molecule has 0 aliphatic heterocycles. The van der Waals surface area contributed by atoms with Gasteiger partial charge in [0.25, 0.3) is 0 Å². The minimum atomic E-state index is -1.81. The van der Waals surface area contributed by atoms with Crippen molar-refractivity contribution in [2.45, 2.75) is 0 Å². The molecule has 0 fully saturated rings. The zero-order valence-electron chi connectivity index (χ0n) is 7.79. The molecular weight excluding hydrogens is 200 g/mol. The lowest BCUT2D eigenvalue weighted by molar-refractivity contribution is 0.0802. The first-order valence-electron chi connectivity index (χ1n) is 3.87. The van der Waals surface area contributed by atoms with Crippen LogP contribution >= 0.6 is 0 Å². The molecule has 1 aromatic rings. The highest BCUT2D eigenvalue weighted by Gasteiger charge is 2.01. The second kappa shape index (κ2) is 7.14. The van der Waals surface area contributed by atoms with Crippen molar-refractivity contribution in [3.63, 3.8) is 0 Å². The highest BCUT2D eigenvalue weighted by molar-refractivity contribution is 5.74. The number of carbonyl (C=O) groups is 2. The predicted octanol–water partition coefficient (Wildman–Crippen LogP) is 2.69. The van der Waals surface area contributed by atoms with Crippen molar-refractivity contribution >= 4 is 18.4 Å². The number of hydrogen-bond acceptors (Lipinski definition) is 3. The molecule has 0 bridgehead atoms. The molecule has 0 aliphatic carbocycles. The Hall–Kier alpha value is -2.30. The van der Waals surface area contributed by atoms with E-state index >= 15 is 0 Å². The molecule has 0 spiro atoms. The highest BCUT2D eigenvalue weighted by atomic mass is 16.7. The van der Waals surface area contributed by atoms with Crippen LogP contribution in [0.15, 0.2) is 36.9 Å². The van der Waals surface area contributed by atoms with Gasteiger partial charge in [0.05, 0.1) is 0 Å². The fraction of sp³-hybridized carbons (Fsp3) is 0. The lowest BCUT2D eigenvalue weighted by Crippen LogP contribution is -2.05. The van der Waals surface area contributed by atoms with Crippen molar-refractivity contribution in [2.75, 3.05) is 0 Å². The predicted molar refractivity (Wildman–Crippen MR) is 53.7 cm³/mol. The monoisotopic (exact) mass is 210 g/mol. The third-order valence-corrected chi connectivity index (χ3v) is 1.21. The Morgan fingerprint density at radius 3 is 1.80 bits per heavy atom. The van der Waals surface area contributed by atoms with Gasteiger partial charge in [0.15, 0.2) is 0 Å². The summed E-state index contributed by atoms with van der Waals surface area (Å²) in [6, 6.07) is 10.0. The largest absolute Gasteiger partial charge is 0.516 e. The van der Waals surface area contributed by atoms with Crippen molar-refractivity contribution in [3.8, 4) is 0 Å². The van der Waals surface area contributed by atoms with Crippen LogP contribution in [0.4, 0.5) is 9.59 Å². The van der Waals surface area contributed by atoms with Crippen LogP contribution in [0.5, 0.6) is 0 Å². The topological polar surface area (TPSA) is 83.8 Å². The molecule has 0 saturated heterocycles. The van der Waals surface area contributed by atoms with E-state index in [1.165, 1.54) is 5.56 Å². The van der Waals surface area contributed by atoms with E-state index in [0.717, 1.165) is 0 Å². The SMILES string of the molecule is C=Cc1ccccc1.O=C(O)OC(=O)O. The van der Waals surface area contributed by atoms with Gasteiger partial charge in [-0.05, 0) is 5.56 Å². The third-order valence-electron chi connectivity index (χ3n) is 1.21. The first-order chi connectivity index (χ1) is 7.06. The Kier molecular flexibility index (Phi) is 6.04.